The molecule has 0 bridgehead atoms. The predicted molar refractivity (Wildman–Crippen MR) is 41.4 cm³/mol. The number of rotatable bonds is 6. The van der Waals surface area contributed by atoms with Crippen molar-refractivity contribution < 1.29 is 14.3 Å². The van der Waals surface area contributed by atoms with E-state index < -0.39 is 0 Å². The van der Waals surface area contributed by atoms with E-state index in [1.165, 1.54) is 0 Å². The predicted octanol–water partition coefficient (Wildman–Crippen LogP) is -0.215. The van der Waals surface area contributed by atoms with E-state index in [1.54, 1.807) is 7.11 Å². The number of carbonyl (C=O) groups excluding carboxylic acids is 1. The van der Waals surface area contributed by atoms with Crippen molar-refractivity contribution >= 4 is 5.97 Å². The van der Waals surface area contributed by atoms with Crippen LogP contribution in [0.25, 0.3) is 0 Å². The average Bonchev–Trinajstić information content (AvgIpc) is 2.01. The number of hydrogen-bond acceptors (Lipinski definition) is 4. The fraction of sp³-hybridized carbons (Fsp3) is 0.857. The molecule has 0 aliphatic rings. The maximum Gasteiger partial charge on any atom is 0.319 e. The lowest BCUT2D eigenvalue weighted by molar-refractivity contribution is -0.143. The van der Waals surface area contributed by atoms with Crippen molar-refractivity contribution in [2.24, 2.45) is 0 Å². The fourth-order valence-corrected chi connectivity index (χ4v) is 0.517. The monoisotopic (exact) mass is 161 g/mol. The second-order valence-corrected chi connectivity index (χ2v) is 1.99. The van der Waals surface area contributed by atoms with Gasteiger partial charge in [0.15, 0.2) is 0 Å². The van der Waals surface area contributed by atoms with Crippen molar-refractivity contribution in [2.45, 2.75) is 6.92 Å². The van der Waals surface area contributed by atoms with Gasteiger partial charge in [0.25, 0.3) is 0 Å². The second-order valence-electron chi connectivity index (χ2n) is 1.99. The van der Waals surface area contributed by atoms with Crippen molar-refractivity contribution in [1.29, 1.82) is 0 Å². The summed E-state index contributed by atoms with van der Waals surface area (Å²) in [4.78, 5) is 10.7. The summed E-state index contributed by atoms with van der Waals surface area (Å²) >= 11 is 0. The maximum absolute atomic E-state index is 10.7. The van der Waals surface area contributed by atoms with Gasteiger partial charge in [0.1, 0.15) is 6.61 Å². The molecule has 0 atom stereocenters. The van der Waals surface area contributed by atoms with E-state index in [9.17, 15) is 4.79 Å². The van der Waals surface area contributed by atoms with Crippen molar-refractivity contribution in [2.75, 3.05) is 33.4 Å². The molecule has 0 aromatic carbocycles. The normalized spacial score (nSPS) is 9.64. The van der Waals surface area contributed by atoms with E-state index in [4.69, 9.17) is 9.47 Å². The molecule has 0 saturated heterocycles. The molecule has 66 valence electrons. The van der Waals surface area contributed by atoms with Gasteiger partial charge in [-0.2, -0.15) is 0 Å². The minimum absolute atomic E-state index is 0.232. The maximum atomic E-state index is 10.7. The lowest BCUT2D eigenvalue weighted by atomic mass is 10.6. The summed E-state index contributed by atoms with van der Waals surface area (Å²) in [5.41, 5.74) is 0. The van der Waals surface area contributed by atoms with Gasteiger partial charge in [0.2, 0.25) is 0 Å². The third-order valence-electron chi connectivity index (χ3n) is 1.07. The number of carbonyl (C=O) groups is 1. The summed E-state index contributed by atoms with van der Waals surface area (Å²) < 4.78 is 9.46. The van der Waals surface area contributed by atoms with E-state index in [0.29, 0.717) is 13.2 Å². The number of hydrogen-bond donors (Lipinski definition) is 1. The summed E-state index contributed by atoms with van der Waals surface area (Å²) in [6.45, 7) is 3.78. The molecule has 4 nitrogen and oxygen atoms in total. The quantitative estimate of drug-likeness (QED) is 0.432. The second kappa shape index (κ2) is 7.50. The van der Waals surface area contributed by atoms with E-state index >= 15 is 0 Å². The van der Waals surface area contributed by atoms with Crippen molar-refractivity contribution in [3.8, 4) is 0 Å². The molecule has 0 saturated carbocycles. The highest BCUT2D eigenvalue weighted by Gasteiger charge is 1.98. The van der Waals surface area contributed by atoms with Gasteiger partial charge in [-0.1, -0.05) is 6.92 Å². The van der Waals surface area contributed by atoms with Gasteiger partial charge in [-0.25, -0.2) is 0 Å². The molecule has 0 spiro atoms. The van der Waals surface area contributed by atoms with E-state index in [0.717, 1.165) is 6.54 Å². The van der Waals surface area contributed by atoms with Crippen molar-refractivity contribution in [3.63, 3.8) is 0 Å². The Morgan fingerprint density at radius 1 is 1.45 bits per heavy atom. The number of nitrogens with one attached hydrogen (secondary N) is 1. The number of esters is 1. The molecule has 0 aliphatic carbocycles. The highest BCUT2D eigenvalue weighted by atomic mass is 16.6. The lowest BCUT2D eigenvalue weighted by Gasteiger charge is -2.03. The SMILES string of the molecule is CCNCC(=O)OCCOC. The Kier molecular flexibility index (Phi) is 7.08. The van der Waals surface area contributed by atoms with Crippen LogP contribution in [0.15, 0.2) is 0 Å². The Morgan fingerprint density at radius 2 is 2.18 bits per heavy atom. The first-order chi connectivity index (χ1) is 5.31. The molecule has 0 aliphatic heterocycles. The highest BCUT2D eigenvalue weighted by molar-refractivity contribution is 5.71. The summed E-state index contributed by atoms with van der Waals surface area (Å²) in [5, 5.41) is 2.86. The van der Waals surface area contributed by atoms with E-state index in [-0.39, 0.29) is 12.5 Å². The first-order valence-electron chi connectivity index (χ1n) is 3.66. The summed E-state index contributed by atoms with van der Waals surface area (Å²) in [7, 11) is 1.57. The minimum Gasteiger partial charge on any atom is -0.462 e. The molecule has 4 heteroatoms. The largest absolute Gasteiger partial charge is 0.462 e. The van der Waals surface area contributed by atoms with Crippen molar-refractivity contribution in [1.82, 2.24) is 5.32 Å². The van der Waals surface area contributed by atoms with Crippen LogP contribution in [0.1, 0.15) is 6.92 Å². The van der Waals surface area contributed by atoms with Crippen LogP contribution in [0, 0.1) is 0 Å². The first-order valence-corrected chi connectivity index (χ1v) is 3.66. The zero-order valence-corrected chi connectivity index (χ0v) is 7.05. The smallest absolute Gasteiger partial charge is 0.319 e. The van der Waals surface area contributed by atoms with Gasteiger partial charge in [0, 0.05) is 7.11 Å². The molecule has 0 heterocycles. The third-order valence-corrected chi connectivity index (χ3v) is 1.07. The Hall–Kier alpha value is -0.610. The van der Waals surface area contributed by atoms with Gasteiger partial charge in [-0.3, -0.25) is 4.79 Å². The van der Waals surface area contributed by atoms with E-state index in [2.05, 4.69) is 5.32 Å². The first kappa shape index (κ1) is 10.4. The summed E-state index contributed by atoms with van der Waals surface area (Å²) in [6.07, 6.45) is 0. The minimum atomic E-state index is -0.232. The lowest BCUT2D eigenvalue weighted by Crippen LogP contribution is -2.25. The van der Waals surface area contributed by atoms with Gasteiger partial charge in [-0.05, 0) is 6.54 Å². The molecule has 0 aromatic heterocycles. The zero-order valence-electron chi connectivity index (χ0n) is 7.05. The van der Waals surface area contributed by atoms with Gasteiger partial charge >= 0.3 is 5.97 Å². The van der Waals surface area contributed by atoms with Crippen LogP contribution in [0.5, 0.6) is 0 Å². The van der Waals surface area contributed by atoms with Crippen LogP contribution in [-0.4, -0.2) is 39.4 Å². The summed E-state index contributed by atoms with van der Waals surface area (Å²) in [6, 6.07) is 0. The number of ether oxygens (including phenoxy) is 2. The number of methoxy groups -OCH3 is 1. The molecule has 0 aromatic rings. The zero-order chi connectivity index (χ0) is 8.53. The average molecular weight is 161 g/mol. The van der Waals surface area contributed by atoms with Crippen molar-refractivity contribution in [3.05, 3.63) is 0 Å². The third kappa shape index (κ3) is 7.29. The molecule has 11 heavy (non-hydrogen) atoms. The Labute approximate surface area is 66.9 Å². The molecule has 0 fully saturated rings. The topological polar surface area (TPSA) is 47.6 Å². The molecular weight excluding hydrogens is 146 g/mol. The number of likely N-dealkylation sites (N-methyl/N-ethyl adjacent to an activating group) is 1. The van der Waals surface area contributed by atoms with Crippen LogP contribution in [0.4, 0.5) is 0 Å². The molecule has 0 rings (SSSR count). The van der Waals surface area contributed by atoms with E-state index in [1.807, 2.05) is 6.92 Å². The fourth-order valence-electron chi connectivity index (χ4n) is 0.517. The Balaban J connectivity index is 3.09. The molecule has 0 radical (unpaired) electrons. The Morgan fingerprint density at radius 3 is 2.73 bits per heavy atom. The highest BCUT2D eigenvalue weighted by Crippen LogP contribution is 1.77. The standard InChI is InChI=1S/C7H15NO3/c1-3-8-6-7(9)11-5-4-10-2/h8H,3-6H2,1-2H3. The molecule has 0 amide bonds. The van der Waals surface area contributed by atoms with Crippen LogP contribution >= 0.6 is 0 Å². The van der Waals surface area contributed by atoms with Gasteiger partial charge in [-0.15, -0.1) is 0 Å². The summed E-state index contributed by atoms with van der Waals surface area (Å²) in [5.74, 6) is -0.232. The van der Waals surface area contributed by atoms with Crippen LogP contribution in [-0.2, 0) is 14.3 Å². The molecule has 0 unspecified atom stereocenters. The molecule has 1 N–H and O–H groups in total. The van der Waals surface area contributed by atoms with Gasteiger partial charge in [0.05, 0.1) is 13.2 Å². The van der Waals surface area contributed by atoms with Gasteiger partial charge < -0.3 is 14.8 Å². The Bertz CT molecular complexity index is 106. The molecular formula is C7H15NO3. The van der Waals surface area contributed by atoms with Crippen LogP contribution in [0.3, 0.4) is 0 Å². The van der Waals surface area contributed by atoms with Crippen LogP contribution in [0.2, 0.25) is 0 Å². The van der Waals surface area contributed by atoms with Crippen LogP contribution < -0.4 is 5.32 Å².